The minimum atomic E-state index is -1.01. The lowest BCUT2D eigenvalue weighted by Crippen LogP contribution is -2.04. The molecule has 0 aliphatic rings. The van der Waals surface area contributed by atoms with Crippen molar-refractivity contribution in [1.82, 2.24) is 0 Å². The van der Waals surface area contributed by atoms with Crippen LogP contribution in [0.5, 0.6) is 5.75 Å². The quantitative estimate of drug-likeness (QED) is 0.344. The zero-order valence-electron chi connectivity index (χ0n) is 17.6. The molecule has 4 rings (SSSR count). The van der Waals surface area contributed by atoms with Crippen LogP contribution in [0.1, 0.15) is 41.3 Å². The highest BCUT2D eigenvalue weighted by Gasteiger charge is 2.13. The van der Waals surface area contributed by atoms with E-state index >= 15 is 0 Å². The van der Waals surface area contributed by atoms with Gasteiger partial charge in [0, 0.05) is 17.4 Å². The highest BCUT2D eigenvalue weighted by atomic mass is 16.5. The maximum atomic E-state index is 11.7. The van der Waals surface area contributed by atoms with Gasteiger partial charge in [-0.05, 0) is 52.1 Å². The van der Waals surface area contributed by atoms with Gasteiger partial charge in [-0.1, -0.05) is 68.4 Å². The van der Waals surface area contributed by atoms with E-state index in [1.165, 1.54) is 5.56 Å². The maximum absolute atomic E-state index is 11.7. The van der Waals surface area contributed by atoms with Gasteiger partial charge in [0.1, 0.15) is 17.9 Å². The molecule has 4 aromatic rings. The van der Waals surface area contributed by atoms with Gasteiger partial charge in [0.05, 0.1) is 0 Å². The van der Waals surface area contributed by atoms with Crippen LogP contribution in [0.15, 0.2) is 84.9 Å². The number of aromatic carboxylic acids is 1. The van der Waals surface area contributed by atoms with Gasteiger partial charge >= 0.3 is 5.97 Å². The van der Waals surface area contributed by atoms with Crippen molar-refractivity contribution in [2.75, 3.05) is 5.32 Å². The van der Waals surface area contributed by atoms with Gasteiger partial charge in [0.2, 0.25) is 0 Å². The second-order valence-corrected chi connectivity index (χ2v) is 7.84. The number of carbonyl (C=O) groups is 1. The zero-order chi connectivity index (χ0) is 21.8. The first-order valence-electron chi connectivity index (χ1n) is 10.3. The smallest absolute Gasteiger partial charge is 0.339 e. The normalized spacial score (nSPS) is 10.9. The molecule has 4 heteroatoms. The molecule has 0 aromatic heterocycles. The highest BCUT2D eigenvalue weighted by molar-refractivity contribution is 5.92. The van der Waals surface area contributed by atoms with E-state index < -0.39 is 5.97 Å². The van der Waals surface area contributed by atoms with E-state index in [1.807, 2.05) is 42.5 Å². The van der Waals surface area contributed by atoms with Gasteiger partial charge in [-0.25, -0.2) is 4.79 Å². The van der Waals surface area contributed by atoms with E-state index in [-0.39, 0.29) is 12.2 Å². The van der Waals surface area contributed by atoms with Crippen molar-refractivity contribution >= 4 is 28.1 Å². The van der Waals surface area contributed by atoms with E-state index in [1.54, 1.807) is 18.2 Å². The van der Waals surface area contributed by atoms with Crippen molar-refractivity contribution in [2.24, 2.45) is 0 Å². The van der Waals surface area contributed by atoms with Crippen LogP contribution < -0.4 is 10.1 Å². The maximum Gasteiger partial charge on any atom is 0.339 e. The average molecular weight is 412 g/mol. The monoisotopic (exact) mass is 411 g/mol. The summed E-state index contributed by atoms with van der Waals surface area (Å²) in [4.78, 5) is 11.7. The number of fused-ring (bicyclic) bond motifs is 1. The van der Waals surface area contributed by atoms with Gasteiger partial charge in [-0.2, -0.15) is 0 Å². The second-order valence-electron chi connectivity index (χ2n) is 7.84. The molecular weight excluding hydrogens is 386 g/mol. The Hall–Kier alpha value is -3.79. The van der Waals surface area contributed by atoms with Crippen LogP contribution in [0.3, 0.4) is 0 Å². The minimum Gasteiger partial charge on any atom is -0.488 e. The van der Waals surface area contributed by atoms with E-state index in [9.17, 15) is 9.90 Å². The minimum absolute atomic E-state index is 0.140. The predicted octanol–water partition coefficient (Wildman–Crippen LogP) is 6.98. The summed E-state index contributed by atoms with van der Waals surface area (Å²) in [6.45, 7) is 4.60. The van der Waals surface area contributed by atoms with Gasteiger partial charge < -0.3 is 15.2 Å². The summed E-state index contributed by atoms with van der Waals surface area (Å²) in [7, 11) is 0. The number of hydrogen-bond donors (Lipinski definition) is 2. The third kappa shape index (κ3) is 4.69. The molecule has 4 nitrogen and oxygen atoms in total. The Kier molecular flexibility index (Phi) is 5.89. The molecule has 0 saturated heterocycles. The summed E-state index contributed by atoms with van der Waals surface area (Å²) in [6, 6.07) is 27.4. The van der Waals surface area contributed by atoms with Crippen molar-refractivity contribution in [1.29, 1.82) is 0 Å². The lowest BCUT2D eigenvalue weighted by molar-refractivity contribution is 0.0692. The van der Waals surface area contributed by atoms with Crippen LogP contribution in [0.2, 0.25) is 0 Å². The molecule has 156 valence electrons. The second kappa shape index (κ2) is 8.92. The number of hydrogen-bond acceptors (Lipinski definition) is 3. The molecule has 0 unspecified atom stereocenters. The summed E-state index contributed by atoms with van der Waals surface area (Å²) in [5.41, 5.74) is 4.13. The Bertz CT molecular complexity index is 1210. The molecule has 2 N–H and O–H groups in total. The van der Waals surface area contributed by atoms with Crippen molar-refractivity contribution in [3.05, 3.63) is 102 Å². The topological polar surface area (TPSA) is 58.6 Å². The van der Waals surface area contributed by atoms with Crippen molar-refractivity contribution in [3.8, 4) is 5.75 Å². The molecule has 0 atom stereocenters. The summed E-state index contributed by atoms with van der Waals surface area (Å²) in [6.07, 6.45) is 0. The standard InChI is InChI=1S/C27H25NO3/c1-18(2)19-10-12-22(13-11-19)28-23-14-15-25(27(29)30)26(16-23)31-17-21-8-5-7-20-6-3-4-9-24(20)21/h3-16,18,28H,17H2,1-2H3,(H,29,30). The average Bonchev–Trinajstić information content (AvgIpc) is 2.78. The summed E-state index contributed by atoms with van der Waals surface area (Å²) < 4.78 is 6.00. The van der Waals surface area contributed by atoms with Crippen LogP contribution in [0.4, 0.5) is 11.4 Å². The van der Waals surface area contributed by atoms with Crippen LogP contribution >= 0.6 is 0 Å². The third-order valence-electron chi connectivity index (χ3n) is 5.34. The highest BCUT2D eigenvalue weighted by Crippen LogP contribution is 2.28. The Balaban J connectivity index is 1.58. The van der Waals surface area contributed by atoms with E-state index in [4.69, 9.17) is 4.74 Å². The SMILES string of the molecule is CC(C)c1ccc(Nc2ccc(C(=O)O)c(OCc3cccc4ccccc34)c2)cc1. The third-order valence-corrected chi connectivity index (χ3v) is 5.34. The lowest BCUT2D eigenvalue weighted by Gasteiger charge is -2.14. The predicted molar refractivity (Wildman–Crippen MR) is 125 cm³/mol. The number of nitrogens with one attached hydrogen (secondary N) is 1. The number of anilines is 2. The number of carboxylic acid groups (broad SMARTS) is 1. The zero-order valence-corrected chi connectivity index (χ0v) is 17.6. The number of benzene rings is 4. The molecule has 0 fully saturated rings. The first-order valence-corrected chi connectivity index (χ1v) is 10.3. The molecule has 0 saturated carbocycles. The molecule has 0 bridgehead atoms. The summed E-state index contributed by atoms with van der Waals surface area (Å²) in [5, 5.41) is 15.2. The molecule has 0 aliphatic heterocycles. The molecule has 0 aliphatic carbocycles. The van der Waals surface area contributed by atoms with Crippen molar-refractivity contribution in [3.63, 3.8) is 0 Å². The van der Waals surface area contributed by atoms with Gasteiger partial charge in [0.15, 0.2) is 0 Å². The molecular formula is C27H25NO3. The molecule has 0 amide bonds. The largest absolute Gasteiger partial charge is 0.488 e. The van der Waals surface area contributed by atoms with E-state index in [0.717, 1.165) is 27.7 Å². The Labute approximate surface area is 182 Å². The first kappa shape index (κ1) is 20.5. The lowest BCUT2D eigenvalue weighted by atomic mass is 10.0. The van der Waals surface area contributed by atoms with Crippen molar-refractivity contribution < 1.29 is 14.6 Å². The van der Waals surface area contributed by atoms with E-state index in [0.29, 0.717) is 11.7 Å². The number of ether oxygens (including phenoxy) is 1. The van der Waals surface area contributed by atoms with Crippen LogP contribution in [-0.2, 0) is 6.61 Å². The first-order chi connectivity index (χ1) is 15.0. The Morgan fingerprint density at radius 1 is 0.903 bits per heavy atom. The molecule has 0 spiro atoms. The molecule has 4 aromatic carbocycles. The Morgan fingerprint density at radius 3 is 2.35 bits per heavy atom. The Morgan fingerprint density at radius 2 is 1.61 bits per heavy atom. The fourth-order valence-electron chi connectivity index (χ4n) is 3.59. The van der Waals surface area contributed by atoms with E-state index in [2.05, 4.69) is 43.4 Å². The van der Waals surface area contributed by atoms with Crippen LogP contribution in [0, 0.1) is 0 Å². The van der Waals surface area contributed by atoms with Gasteiger partial charge in [-0.3, -0.25) is 0 Å². The van der Waals surface area contributed by atoms with Gasteiger partial charge in [-0.15, -0.1) is 0 Å². The summed E-state index contributed by atoms with van der Waals surface area (Å²) in [5.74, 6) is -0.206. The van der Waals surface area contributed by atoms with Gasteiger partial charge in [0.25, 0.3) is 0 Å². The molecule has 0 radical (unpaired) electrons. The van der Waals surface area contributed by atoms with Crippen LogP contribution in [-0.4, -0.2) is 11.1 Å². The van der Waals surface area contributed by atoms with Crippen molar-refractivity contribution in [2.45, 2.75) is 26.4 Å². The molecule has 31 heavy (non-hydrogen) atoms. The fraction of sp³-hybridized carbons (Fsp3) is 0.148. The number of rotatable bonds is 7. The summed E-state index contributed by atoms with van der Waals surface area (Å²) >= 11 is 0. The molecule has 0 heterocycles. The number of carboxylic acids is 1. The van der Waals surface area contributed by atoms with Crippen LogP contribution in [0.25, 0.3) is 10.8 Å². The fourth-order valence-corrected chi connectivity index (χ4v) is 3.59.